The zero-order valence-corrected chi connectivity index (χ0v) is 11.1. The van der Waals surface area contributed by atoms with Crippen molar-refractivity contribution in [3.05, 3.63) is 11.7 Å². The second-order valence-corrected chi connectivity index (χ2v) is 5.45. The second kappa shape index (κ2) is 5.17. The minimum absolute atomic E-state index is 0.228. The molecular formula is C13H23N3O. The van der Waals surface area contributed by atoms with E-state index in [9.17, 15) is 0 Å². The van der Waals surface area contributed by atoms with Crippen LogP contribution in [0.1, 0.15) is 70.5 Å². The van der Waals surface area contributed by atoms with Gasteiger partial charge >= 0.3 is 0 Å². The fourth-order valence-electron chi connectivity index (χ4n) is 2.53. The Morgan fingerprint density at radius 2 is 2.00 bits per heavy atom. The van der Waals surface area contributed by atoms with Gasteiger partial charge in [0.15, 0.2) is 5.82 Å². The Labute approximate surface area is 103 Å². The third-order valence-corrected chi connectivity index (χ3v) is 3.57. The summed E-state index contributed by atoms with van der Waals surface area (Å²) in [6.07, 6.45) is 6.36. The van der Waals surface area contributed by atoms with Gasteiger partial charge in [-0.25, -0.2) is 0 Å². The van der Waals surface area contributed by atoms with Crippen LogP contribution in [0, 0.1) is 0 Å². The van der Waals surface area contributed by atoms with Crippen molar-refractivity contribution in [1.29, 1.82) is 0 Å². The molecule has 0 spiro atoms. The molecule has 0 saturated heterocycles. The van der Waals surface area contributed by atoms with Crippen molar-refractivity contribution in [2.24, 2.45) is 0 Å². The number of rotatable bonds is 4. The maximum absolute atomic E-state index is 5.41. The summed E-state index contributed by atoms with van der Waals surface area (Å²) in [5, 5.41) is 7.52. The highest BCUT2D eigenvalue weighted by Crippen LogP contribution is 2.31. The summed E-state index contributed by atoms with van der Waals surface area (Å²) >= 11 is 0. The summed E-state index contributed by atoms with van der Waals surface area (Å²) in [7, 11) is 0. The smallest absolute Gasteiger partial charge is 0.246 e. The molecule has 4 nitrogen and oxygen atoms in total. The summed E-state index contributed by atoms with van der Waals surface area (Å²) in [5.74, 6) is 2.13. The van der Waals surface area contributed by atoms with Crippen molar-refractivity contribution in [1.82, 2.24) is 15.5 Å². The van der Waals surface area contributed by atoms with Gasteiger partial charge in [-0.1, -0.05) is 31.3 Å². The maximum atomic E-state index is 5.41. The van der Waals surface area contributed by atoms with Crippen LogP contribution in [0.25, 0.3) is 0 Å². The molecule has 1 saturated carbocycles. The first-order valence-electron chi connectivity index (χ1n) is 6.72. The number of hydrogen-bond donors (Lipinski definition) is 1. The van der Waals surface area contributed by atoms with E-state index in [4.69, 9.17) is 4.52 Å². The first kappa shape index (κ1) is 12.6. The van der Waals surface area contributed by atoms with E-state index in [1.807, 2.05) is 0 Å². The Bertz CT molecular complexity index is 353. The van der Waals surface area contributed by atoms with Crippen LogP contribution < -0.4 is 5.32 Å². The zero-order valence-electron chi connectivity index (χ0n) is 11.1. The SMILES string of the molecule is CCNC(C)(C)c1nc(C2CCCCC2)no1. The average molecular weight is 237 g/mol. The van der Waals surface area contributed by atoms with Crippen molar-refractivity contribution in [3.8, 4) is 0 Å². The van der Waals surface area contributed by atoms with E-state index >= 15 is 0 Å². The summed E-state index contributed by atoms with van der Waals surface area (Å²) < 4.78 is 5.41. The van der Waals surface area contributed by atoms with Crippen LogP contribution in [0.2, 0.25) is 0 Å². The molecule has 0 aliphatic heterocycles. The molecule has 1 aliphatic carbocycles. The van der Waals surface area contributed by atoms with Gasteiger partial charge in [0.2, 0.25) is 5.89 Å². The summed E-state index contributed by atoms with van der Waals surface area (Å²) in [6, 6.07) is 0. The normalized spacial score (nSPS) is 18.5. The fraction of sp³-hybridized carbons (Fsp3) is 0.846. The molecular weight excluding hydrogens is 214 g/mol. The third-order valence-electron chi connectivity index (χ3n) is 3.57. The summed E-state index contributed by atoms with van der Waals surface area (Å²) in [5.41, 5.74) is -0.228. The van der Waals surface area contributed by atoms with Crippen molar-refractivity contribution in [2.45, 2.75) is 64.3 Å². The lowest BCUT2D eigenvalue weighted by atomic mass is 9.89. The van der Waals surface area contributed by atoms with Crippen LogP contribution in [-0.4, -0.2) is 16.7 Å². The molecule has 4 heteroatoms. The predicted octanol–water partition coefficient (Wildman–Crippen LogP) is 2.96. The Morgan fingerprint density at radius 3 is 2.65 bits per heavy atom. The highest BCUT2D eigenvalue weighted by molar-refractivity contribution is 5.03. The Morgan fingerprint density at radius 1 is 1.29 bits per heavy atom. The lowest BCUT2D eigenvalue weighted by Gasteiger charge is -2.20. The van der Waals surface area contributed by atoms with Gasteiger partial charge in [-0.3, -0.25) is 0 Å². The van der Waals surface area contributed by atoms with Crippen molar-refractivity contribution in [2.75, 3.05) is 6.54 Å². The third kappa shape index (κ3) is 2.86. The fourth-order valence-corrected chi connectivity index (χ4v) is 2.53. The molecule has 1 aliphatic rings. The highest BCUT2D eigenvalue weighted by Gasteiger charge is 2.28. The quantitative estimate of drug-likeness (QED) is 0.874. The molecule has 0 atom stereocenters. The molecule has 0 bridgehead atoms. The van der Waals surface area contributed by atoms with Gasteiger partial charge in [-0.05, 0) is 33.2 Å². The lowest BCUT2D eigenvalue weighted by Crippen LogP contribution is -2.36. The standard InChI is InChI=1S/C13H23N3O/c1-4-14-13(2,3)12-15-11(16-17-12)10-8-6-5-7-9-10/h10,14H,4-9H2,1-3H3. The van der Waals surface area contributed by atoms with E-state index in [-0.39, 0.29) is 5.54 Å². The van der Waals surface area contributed by atoms with Gasteiger partial charge in [0, 0.05) is 5.92 Å². The van der Waals surface area contributed by atoms with E-state index in [0.29, 0.717) is 11.8 Å². The predicted molar refractivity (Wildman–Crippen MR) is 66.8 cm³/mol. The topological polar surface area (TPSA) is 51.0 Å². The van der Waals surface area contributed by atoms with Crippen LogP contribution in [-0.2, 0) is 5.54 Å². The number of nitrogens with one attached hydrogen (secondary N) is 1. The number of hydrogen-bond acceptors (Lipinski definition) is 4. The Balaban J connectivity index is 2.09. The molecule has 0 aromatic carbocycles. The van der Waals surface area contributed by atoms with E-state index in [0.717, 1.165) is 12.4 Å². The van der Waals surface area contributed by atoms with Crippen LogP contribution in [0.15, 0.2) is 4.52 Å². The Hall–Kier alpha value is -0.900. The largest absolute Gasteiger partial charge is 0.337 e. The van der Waals surface area contributed by atoms with Gasteiger partial charge in [-0.2, -0.15) is 4.98 Å². The molecule has 17 heavy (non-hydrogen) atoms. The lowest BCUT2D eigenvalue weighted by molar-refractivity contribution is 0.269. The van der Waals surface area contributed by atoms with Crippen molar-refractivity contribution < 1.29 is 4.52 Å². The molecule has 1 aromatic heterocycles. The molecule has 1 heterocycles. The van der Waals surface area contributed by atoms with Crippen LogP contribution >= 0.6 is 0 Å². The summed E-state index contributed by atoms with van der Waals surface area (Å²) in [6.45, 7) is 7.14. The van der Waals surface area contributed by atoms with E-state index < -0.39 is 0 Å². The van der Waals surface area contributed by atoms with E-state index in [1.165, 1.54) is 32.1 Å². The van der Waals surface area contributed by atoms with E-state index in [1.54, 1.807) is 0 Å². The first-order valence-corrected chi connectivity index (χ1v) is 6.72. The Kier molecular flexibility index (Phi) is 3.82. The molecule has 0 unspecified atom stereocenters. The minimum Gasteiger partial charge on any atom is -0.337 e. The van der Waals surface area contributed by atoms with Gasteiger partial charge < -0.3 is 9.84 Å². The van der Waals surface area contributed by atoms with Crippen molar-refractivity contribution in [3.63, 3.8) is 0 Å². The number of nitrogens with zero attached hydrogens (tertiary/aromatic N) is 2. The molecule has 1 fully saturated rings. The zero-order chi connectivity index (χ0) is 12.3. The average Bonchev–Trinajstić information content (AvgIpc) is 2.80. The monoisotopic (exact) mass is 237 g/mol. The molecule has 1 aromatic rings. The second-order valence-electron chi connectivity index (χ2n) is 5.45. The van der Waals surface area contributed by atoms with Crippen LogP contribution in [0.4, 0.5) is 0 Å². The molecule has 96 valence electrons. The van der Waals surface area contributed by atoms with Gasteiger partial charge in [0.1, 0.15) is 0 Å². The molecule has 0 amide bonds. The highest BCUT2D eigenvalue weighted by atomic mass is 16.5. The van der Waals surface area contributed by atoms with Crippen LogP contribution in [0.3, 0.4) is 0 Å². The maximum Gasteiger partial charge on any atom is 0.246 e. The van der Waals surface area contributed by atoms with Crippen molar-refractivity contribution >= 4 is 0 Å². The van der Waals surface area contributed by atoms with Crippen LogP contribution in [0.5, 0.6) is 0 Å². The van der Waals surface area contributed by atoms with E-state index in [2.05, 4.69) is 36.2 Å². The molecule has 1 N–H and O–H groups in total. The first-order chi connectivity index (χ1) is 8.13. The van der Waals surface area contributed by atoms with Gasteiger partial charge in [0.05, 0.1) is 5.54 Å². The van der Waals surface area contributed by atoms with Gasteiger partial charge in [-0.15, -0.1) is 0 Å². The number of aromatic nitrogens is 2. The minimum atomic E-state index is -0.228. The molecule has 0 radical (unpaired) electrons. The summed E-state index contributed by atoms with van der Waals surface area (Å²) in [4.78, 5) is 4.58. The van der Waals surface area contributed by atoms with Gasteiger partial charge in [0.25, 0.3) is 0 Å². The molecule has 2 rings (SSSR count).